The molecule has 0 bridgehead atoms. The van der Waals surface area contributed by atoms with E-state index >= 15 is 0 Å². The summed E-state index contributed by atoms with van der Waals surface area (Å²) < 4.78 is 29.7. The van der Waals surface area contributed by atoms with Gasteiger partial charge in [0.2, 0.25) is 0 Å². The van der Waals surface area contributed by atoms with E-state index in [1.54, 1.807) is 36.4 Å². The molecule has 4 rings (SSSR count). The Bertz CT molecular complexity index is 1000. The number of rotatable bonds is 4. The van der Waals surface area contributed by atoms with Crippen LogP contribution >= 0.6 is 0 Å². The van der Waals surface area contributed by atoms with Crippen LogP contribution in [0.5, 0.6) is 0 Å². The van der Waals surface area contributed by atoms with Gasteiger partial charge in [0.25, 0.3) is 10.0 Å². The number of hydrogen-bond donors (Lipinski definition) is 1. The highest BCUT2D eigenvalue weighted by atomic mass is 32.2. The first-order chi connectivity index (χ1) is 12.1. The third-order valence-electron chi connectivity index (χ3n) is 4.37. The van der Waals surface area contributed by atoms with Crippen molar-refractivity contribution < 1.29 is 8.42 Å². The maximum atomic E-state index is 12.8. The molecule has 0 radical (unpaired) electrons. The van der Waals surface area contributed by atoms with Crippen molar-refractivity contribution in [3.05, 3.63) is 59.9 Å². The van der Waals surface area contributed by atoms with Gasteiger partial charge in [0.15, 0.2) is 0 Å². The Morgan fingerprint density at radius 2 is 1.80 bits per heavy atom. The zero-order valence-electron chi connectivity index (χ0n) is 13.5. The number of nitrogens with one attached hydrogen (secondary N) is 1. The zero-order chi connectivity index (χ0) is 17.3. The Morgan fingerprint density at radius 1 is 1.00 bits per heavy atom. The van der Waals surface area contributed by atoms with E-state index in [2.05, 4.69) is 20.2 Å². The standard InChI is InChI=1S/C17H17N5O2S/c23-25(24,15-10-9-13-5-1-2-6-14(13)11-15)19-16-7-3-4-8-17(16)22-12-18-20-21-22/h3-4,7-12,19H,1-2,5-6H2. The van der Waals surface area contributed by atoms with Gasteiger partial charge in [-0.05, 0) is 71.5 Å². The van der Waals surface area contributed by atoms with Crippen molar-refractivity contribution >= 4 is 15.7 Å². The maximum Gasteiger partial charge on any atom is 0.261 e. The van der Waals surface area contributed by atoms with Crippen LogP contribution in [0.25, 0.3) is 5.69 Å². The third kappa shape index (κ3) is 3.12. The number of hydrogen-bond acceptors (Lipinski definition) is 5. The summed E-state index contributed by atoms with van der Waals surface area (Å²) in [5, 5.41) is 11.0. The monoisotopic (exact) mass is 355 g/mol. The number of benzene rings is 2. The molecule has 0 amide bonds. The molecule has 1 aliphatic carbocycles. The lowest BCUT2D eigenvalue weighted by molar-refractivity contribution is 0.600. The average Bonchev–Trinajstić information content (AvgIpc) is 3.16. The van der Waals surface area contributed by atoms with Crippen LogP contribution in [-0.4, -0.2) is 28.6 Å². The first kappa shape index (κ1) is 15.8. The Morgan fingerprint density at radius 3 is 2.60 bits per heavy atom. The molecular formula is C17H17N5O2S. The SMILES string of the molecule is O=S(=O)(Nc1ccccc1-n1cnnn1)c1ccc2c(c1)CCCC2. The van der Waals surface area contributed by atoms with Gasteiger partial charge >= 0.3 is 0 Å². The first-order valence-electron chi connectivity index (χ1n) is 8.10. The normalized spacial score (nSPS) is 14.1. The van der Waals surface area contributed by atoms with Crippen LogP contribution < -0.4 is 4.72 Å². The molecule has 1 heterocycles. The molecule has 128 valence electrons. The Balaban J connectivity index is 1.69. The molecule has 1 aromatic heterocycles. The highest BCUT2D eigenvalue weighted by Crippen LogP contribution is 2.26. The third-order valence-corrected chi connectivity index (χ3v) is 5.74. The van der Waals surface area contributed by atoms with Gasteiger partial charge in [0.1, 0.15) is 6.33 Å². The van der Waals surface area contributed by atoms with Gasteiger partial charge in [-0.3, -0.25) is 4.72 Å². The van der Waals surface area contributed by atoms with Crippen LogP contribution in [-0.2, 0) is 22.9 Å². The van der Waals surface area contributed by atoms with Crippen LogP contribution in [0.3, 0.4) is 0 Å². The summed E-state index contributed by atoms with van der Waals surface area (Å²) in [5.41, 5.74) is 3.36. The minimum atomic E-state index is -3.69. The molecule has 0 spiro atoms. The number of nitrogens with zero attached hydrogens (tertiary/aromatic N) is 4. The number of aromatic nitrogens is 4. The van der Waals surface area contributed by atoms with E-state index in [4.69, 9.17) is 0 Å². The second-order valence-corrected chi connectivity index (χ2v) is 7.70. The lowest BCUT2D eigenvalue weighted by Crippen LogP contribution is -2.16. The molecule has 0 aliphatic heterocycles. The highest BCUT2D eigenvalue weighted by molar-refractivity contribution is 7.92. The molecule has 3 aromatic rings. The minimum absolute atomic E-state index is 0.277. The van der Waals surface area contributed by atoms with Crippen LogP contribution in [0, 0.1) is 0 Å². The molecule has 7 nitrogen and oxygen atoms in total. The van der Waals surface area contributed by atoms with E-state index in [9.17, 15) is 8.42 Å². The van der Waals surface area contributed by atoms with E-state index in [1.165, 1.54) is 16.6 Å². The topological polar surface area (TPSA) is 89.8 Å². The molecule has 0 unspecified atom stereocenters. The molecular weight excluding hydrogens is 338 g/mol. The number of fused-ring (bicyclic) bond motifs is 1. The van der Waals surface area contributed by atoms with Crippen molar-refractivity contribution in [1.82, 2.24) is 20.2 Å². The largest absolute Gasteiger partial charge is 0.277 e. The van der Waals surface area contributed by atoms with Crippen molar-refractivity contribution in [2.24, 2.45) is 0 Å². The first-order valence-corrected chi connectivity index (χ1v) is 9.59. The van der Waals surface area contributed by atoms with Crippen LogP contribution in [0.1, 0.15) is 24.0 Å². The van der Waals surface area contributed by atoms with Crippen molar-refractivity contribution in [1.29, 1.82) is 0 Å². The van der Waals surface area contributed by atoms with E-state index in [1.807, 2.05) is 6.07 Å². The summed E-state index contributed by atoms with van der Waals surface area (Å²) in [5.74, 6) is 0. The van der Waals surface area contributed by atoms with E-state index in [0.29, 0.717) is 11.4 Å². The fourth-order valence-electron chi connectivity index (χ4n) is 3.11. The second-order valence-electron chi connectivity index (χ2n) is 6.01. The summed E-state index contributed by atoms with van der Waals surface area (Å²) in [6.45, 7) is 0. The molecule has 1 aliphatic rings. The lowest BCUT2D eigenvalue weighted by atomic mass is 9.92. The number of sulfonamides is 1. The Labute approximate surface area is 145 Å². The molecule has 0 fully saturated rings. The Kier molecular flexibility index (Phi) is 3.96. The van der Waals surface area contributed by atoms with Crippen molar-refractivity contribution in [2.75, 3.05) is 4.72 Å². The molecule has 0 atom stereocenters. The fraction of sp³-hybridized carbons (Fsp3) is 0.235. The summed E-state index contributed by atoms with van der Waals surface area (Å²) in [6.07, 6.45) is 5.64. The lowest BCUT2D eigenvalue weighted by Gasteiger charge is -2.17. The van der Waals surface area contributed by atoms with Gasteiger partial charge in [0, 0.05) is 0 Å². The summed E-state index contributed by atoms with van der Waals surface area (Å²) in [4.78, 5) is 0.277. The van der Waals surface area contributed by atoms with Gasteiger partial charge < -0.3 is 0 Å². The zero-order valence-corrected chi connectivity index (χ0v) is 14.3. The van der Waals surface area contributed by atoms with Crippen molar-refractivity contribution in [3.8, 4) is 5.69 Å². The van der Waals surface area contributed by atoms with E-state index < -0.39 is 10.0 Å². The molecule has 8 heteroatoms. The minimum Gasteiger partial charge on any atom is -0.277 e. The number of para-hydroxylation sites is 2. The van der Waals surface area contributed by atoms with Gasteiger partial charge in [-0.25, -0.2) is 8.42 Å². The highest BCUT2D eigenvalue weighted by Gasteiger charge is 2.19. The fourth-order valence-corrected chi connectivity index (χ4v) is 4.24. The number of aryl methyl sites for hydroxylation is 2. The number of tetrazole rings is 1. The van der Waals surface area contributed by atoms with Gasteiger partial charge in [-0.2, -0.15) is 4.68 Å². The van der Waals surface area contributed by atoms with Crippen LogP contribution in [0.15, 0.2) is 53.7 Å². The van der Waals surface area contributed by atoms with Crippen molar-refractivity contribution in [2.45, 2.75) is 30.6 Å². The smallest absolute Gasteiger partial charge is 0.261 e. The maximum absolute atomic E-state index is 12.8. The average molecular weight is 355 g/mol. The second kappa shape index (κ2) is 6.29. The molecule has 25 heavy (non-hydrogen) atoms. The predicted octanol–water partition coefficient (Wildman–Crippen LogP) is 2.34. The van der Waals surface area contributed by atoms with Crippen LogP contribution in [0.2, 0.25) is 0 Å². The van der Waals surface area contributed by atoms with E-state index in [-0.39, 0.29) is 4.90 Å². The number of anilines is 1. The molecule has 0 saturated heterocycles. The van der Waals surface area contributed by atoms with Gasteiger partial charge in [0.05, 0.1) is 16.3 Å². The molecule has 1 N–H and O–H groups in total. The van der Waals surface area contributed by atoms with Gasteiger partial charge in [-0.15, -0.1) is 5.10 Å². The predicted molar refractivity (Wildman–Crippen MR) is 93.0 cm³/mol. The summed E-state index contributed by atoms with van der Waals surface area (Å²) in [7, 11) is -3.69. The van der Waals surface area contributed by atoms with Crippen molar-refractivity contribution in [3.63, 3.8) is 0 Å². The Hall–Kier alpha value is -2.74. The molecule has 2 aromatic carbocycles. The molecule has 0 saturated carbocycles. The van der Waals surface area contributed by atoms with E-state index in [0.717, 1.165) is 31.2 Å². The van der Waals surface area contributed by atoms with Gasteiger partial charge in [-0.1, -0.05) is 18.2 Å². The summed E-state index contributed by atoms with van der Waals surface area (Å²) >= 11 is 0. The quantitative estimate of drug-likeness (QED) is 0.776. The van der Waals surface area contributed by atoms with Crippen LogP contribution in [0.4, 0.5) is 5.69 Å². The summed E-state index contributed by atoms with van der Waals surface area (Å²) in [6, 6.07) is 12.4.